The van der Waals surface area contributed by atoms with E-state index in [1.54, 1.807) is 17.8 Å². The lowest BCUT2D eigenvalue weighted by Crippen LogP contribution is -1.92. The first-order valence-electron chi connectivity index (χ1n) is 7.04. The Labute approximate surface area is 138 Å². The topological polar surface area (TPSA) is 56.0 Å². The van der Waals surface area contributed by atoms with Crippen LogP contribution in [0.5, 0.6) is 0 Å². The summed E-state index contributed by atoms with van der Waals surface area (Å²) < 4.78 is 0. The van der Waals surface area contributed by atoms with Crippen LogP contribution in [0.25, 0.3) is 23.1 Å². The van der Waals surface area contributed by atoms with Crippen LogP contribution >= 0.6 is 11.8 Å². The van der Waals surface area contributed by atoms with Crippen molar-refractivity contribution in [1.29, 1.82) is 0 Å². The summed E-state index contributed by atoms with van der Waals surface area (Å²) in [5, 5.41) is 11.9. The highest BCUT2D eigenvalue weighted by molar-refractivity contribution is 7.98. The largest absolute Gasteiger partial charge is 0.295 e. The summed E-state index contributed by atoms with van der Waals surface area (Å²) in [6.07, 6.45) is 5.86. The molecule has 0 aliphatic heterocycles. The normalized spacial score (nSPS) is 11.2. The first-order valence-corrected chi connectivity index (χ1v) is 8.26. The molecular formula is C18H14N2O2S. The third-order valence-corrected chi connectivity index (χ3v) is 4.22. The van der Waals surface area contributed by atoms with E-state index < -0.39 is 4.92 Å². The average molecular weight is 322 g/mol. The van der Waals surface area contributed by atoms with Gasteiger partial charge in [0.25, 0.3) is 5.69 Å². The van der Waals surface area contributed by atoms with Crippen LogP contribution in [0.3, 0.4) is 0 Å². The number of thioether (sulfide) groups is 1. The second-order valence-electron chi connectivity index (χ2n) is 4.95. The van der Waals surface area contributed by atoms with E-state index in [4.69, 9.17) is 0 Å². The minimum atomic E-state index is -0.399. The van der Waals surface area contributed by atoms with E-state index in [2.05, 4.69) is 17.1 Å². The summed E-state index contributed by atoms with van der Waals surface area (Å²) in [6, 6.07) is 16.9. The van der Waals surface area contributed by atoms with E-state index >= 15 is 0 Å². The van der Waals surface area contributed by atoms with Gasteiger partial charge in [-0.25, -0.2) is 4.98 Å². The smallest absolute Gasteiger partial charge is 0.258 e. The lowest BCUT2D eigenvalue weighted by molar-refractivity contribution is -0.383. The Bertz CT molecular complexity index is 889. The van der Waals surface area contributed by atoms with Crippen molar-refractivity contribution in [1.82, 2.24) is 4.98 Å². The summed E-state index contributed by atoms with van der Waals surface area (Å²) in [4.78, 5) is 16.3. The molecule has 0 saturated carbocycles. The number of non-ortho nitro benzene ring substituents is 1. The third-order valence-electron chi connectivity index (χ3n) is 3.48. The van der Waals surface area contributed by atoms with E-state index in [-0.39, 0.29) is 5.69 Å². The molecule has 0 bridgehead atoms. The highest BCUT2D eigenvalue weighted by atomic mass is 32.2. The predicted molar refractivity (Wildman–Crippen MR) is 95.5 cm³/mol. The molecule has 0 saturated heterocycles. The number of para-hydroxylation sites is 1. The number of hydrogen-bond donors (Lipinski definition) is 0. The van der Waals surface area contributed by atoms with Gasteiger partial charge in [0.1, 0.15) is 5.52 Å². The molecule has 0 aliphatic rings. The summed E-state index contributed by atoms with van der Waals surface area (Å²) >= 11 is 1.70. The first-order chi connectivity index (χ1) is 11.2. The molecule has 5 heteroatoms. The second-order valence-corrected chi connectivity index (χ2v) is 5.83. The van der Waals surface area contributed by atoms with Gasteiger partial charge in [-0.05, 0) is 36.1 Å². The minimum absolute atomic E-state index is 0.0297. The predicted octanol–water partition coefficient (Wildman–Crippen LogP) is 5.04. The molecule has 0 amide bonds. The SMILES string of the molecule is CSc1ccc(/C=C/c2ccc3cccc([N+](=O)[O-])c3n2)cc1. The maximum atomic E-state index is 11.1. The van der Waals surface area contributed by atoms with Gasteiger partial charge in [0, 0.05) is 16.3 Å². The molecule has 114 valence electrons. The van der Waals surface area contributed by atoms with Gasteiger partial charge in [0.05, 0.1) is 10.6 Å². The van der Waals surface area contributed by atoms with Gasteiger partial charge in [-0.15, -0.1) is 11.8 Å². The number of nitrogens with zero attached hydrogens (tertiary/aromatic N) is 2. The zero-order valence-electron chi connectivity index (χ0n) is 12.5. The van der Waals surface area contributed by atoms with E-state index in [0.29, 0.717) is 11.2 Å². The summed E-state index contributed by atoms with van der Waals surface area (Å²) in [5.41, 5.74) is 2.20. The molecule has 0 unspecified atom stereocenters. The lowest BCUT2D eigenvalue weighted by Gasteiger charge is -2.01. The molecule has 0 atom stereocenters. The Balaban J connectivity index is 1.94. The number of hydrogen-bond acceptors (Lipinski definition) is 4. The second kappa shape index (κ2) is 6.62. The van der Waals surface area contributed by atoms with Gasteiger partial charge >= 0.3 is 0 Å². The quantitative estimate of drug-likeness (QED) is 0.384. The lowest BCUT2D eigenvalue weighted by atomic mass is 10.1. The molecule has 3 rings (SSSR count). The Kier molecular flexibility index (Phi) is 4.39. The van der Waals surface area contributed by atoms with Crippen LogP contribution in [0.1, 0.15) is 11.3 Å². The Morgan fingerprint density at radius 2 is 1.83 bits per heavy atom. The van der Waals surface area contributed by atoms with Crippen molar-refractivity contribution in [3.8, 4) is 0 Å². The van der Waals surface area contributed by atoms with Gasteiger partial charge in [0.2, 0.25) is 0 Å². The van der Waals surface area contributed by atoms with Crippen molar-refractivity contribution >= 4 is 40.5 Å². The molecule has 1 heterocycles. The van der Waals surface area contributed by atoms with Crippen LogP contribution in [0.2, 0.25) is 0 Å². The number of pyridine rings is 1. The van der Waals surface area contributed by atoms with Crippen molar-refractivity contribution in [2.75, 3.05) is 6.26 Å². The molecule has 3 aromatic rings. The van der Waals surface area contributed by atoms with Gasteiger partial charge in [-0.2, -0.15) is 0 Å². The monoisotopic (exact) mass is 322 g/mol. The van der Waals surface area contributed by atoms with E-state index in [0.717, 1.165) is 10.9 Å². The van der Waals surface area contributed by atoms with Crippen LogP contribution in [0.4, 0.5) is 5.69 Å². The van der Waals surface area contributed by atoms with E-state index in [9.17, 15) is 10.1 Å². The molecular weight excluding hydrogens is 308 g/mol. The molecule has 2 aromatic carbocycles. The third kappa shape index (κ3) is 3.40. The van der Waals surface area contributed by atoms with Crippen molar-refractivity contribution < 1.29 is 4.92 Å². The number of benzene rings is 2. The van der Waals surface area contributed by atoms with Gasteiger partial charge in [-0.1, -0.05) is 36.4 Å². The summed E-state index contributed by atoms with van der Waals surface area (Å²) in [6.45, 7) is 0. The van der Waals surface area contributed by atoms with Crippen LogP contribution in [-0.4, -0.2) is 16.2 Å². The molecule has 0 N–H and O–H groups in total. The van der Waals surface area contributed by atoms with Gasteiger partial charge in [0.15, 0.2) is 0 Å². The molecule has 0 spiro atoms. The molecule has 1 aromatic heterocycles. The van der Waals surface area contributed by atoms with Crippen molar-refractivity contribution in [2.45, 2.75) is 4.90 Å². The molecule has 23 heavy (non-hydrogen) atoms. The van der Waals surface area contributed by atoms with Crippen LogP contribution in [0.15, 0.2) is 59.5 Å². The van der Waals surface area contributed by atoms with Crippen molar-refractivity contribution in [3.63, 3.8) is 0 Å². The standard InChI is InChI=1S/C18H14N2O2S/c1-23-16-11-6-13(7-12-16)5-9-15-10-8-14-3-2-4-17(20(21)22)18(14)19-15/h2-12H,1H3/b9-5+. The van der Waals surface area contributed by atoms with Gasteiger partial charge < -0.3 is 0 Å². The van der Waals surface area contributed by atoms with Crippen LogP contribution in [0, 0.1) is 10.1 Å². The zero-order chi connectivity index (χ0) is 16.2. The Morgan fingerprint density at radius 1 is 1.04 bits per heavy atom. The maximum Gasteiger partial charge on any atom is 0.295 e. The number of fused-ring (bicyclic) bond motifs is 1. The highest BCUT2D eigenvalue weighted by Crippen LogP contribution is 2.24. The van der Waals surface area contributed by atoms with E-state index in [1.807, 2.05) is 48.7 Å². The zero-order valence-corrected chi connectivity index (χ0v) is 13.3. The van der Waals surface area contributed by atoms with E-state index in [1.165, 1.54) is 11.0 Å². The number of nitro benzene ring substituents is 1. The maximum absolute atomic E-state index is 11.1. The molecule has 0 radical (unpaired) electrons. The highest BCUT2D eigenvalue weighted by Gasteiger charge is 2.12. The fourth-order valence-electron chi connectivity index (χ4n) is 2.28. The molecule has 4 nitrogen and oxygen atoms in total. The molecule has 0 aliphatic carbocycles. The van der Waals surface area contributed by atoms with Crippen LogP contribution < -0.4 is 0 Å². The average Bonchev–Trinajstić information content (AvgIpc) is 2.59. The number of aromatic nitrogens is 1. The fourth-order valence-corrected chi connectivity index (χ4v) is 2.69. The first kappa shape index (κ1) is 15.2. The Hall–Kier alpha value is -2.66. The van der Waals surface area contributed by atoms with Crippen molar-refractivity contribution in [2.24, 2.45) is 0 Å². The Morgan fingerprint density at radius 3 is 2.52 bits per heavy atom. The minimum Gasteiger partial charge on any atom is -0.258 e. The van der Waals surface area contributed by atoms with Crippen LogP contribution in [-0.2, 0) is 0 Å². The molecule has 0 fully saturated rings. The summed E-state index contributed by atoms with van der Waals surface area (Å²) in [5.74, 6) is 0. The fraction of sp³-hybridized carbons (Fsp3) is 0.0556. The summed E-state index contributed by atoms with van der Waals surface area (Å²) in [7, 11) is 0. The van der Waals surface area contributed by atoms with Crippen molar-refractivity contribution in [3.05, 3.63) is 76.0 Å². The number of rotatable bonds is 4. The van der Waals surface area contributed by atoms with Gasteiger partial charge in [-0.3, -0.25) is 10.1 Å². The number of nitro groups is 1.